The minimum Gasteiger partial charge on any atom is -0.491 e. The van der Waals surface area contributed by atoms with Crippen molar-refractivity contribution < 1.29 is 23.0 Å². The molecule has 0 radical (unpaired) electrons. The molecule has 37 heavy (non-hydrogen) atoms. The van der Waals surface area contributed by atoms with Gasteiger partial charge < -0.3 is 9.84 Å². The lowest BCUT2D eigenvalue weighted by Crippen LogP contribution is -2.25. The molecular formula is C32H41F3O2. The predicted molar refractivity (Wildman–Crippen MR) is 143 cm³/mol. The first-order valence-electron chi connectivity index (χ1n) is 14.2. The number of aliphatic hydroxyl groups excluding tert-OH is 1. The molecule has 2 aliphatic rings. The Hall–Kier alpha value is -2.27. The van der Waals surface area contributed by atoms with Crippen molar-refractivity contribution in [2.75, 3.05) is 6.61 Å². The summed E-state index contributed by atoms with van der Waals surface area (Å²) in [7, 11) is 0. The summed E-state index contributed by atoms with van der Waals surface area (Å²) >= 11 is 0. The monoisotopic (exact) mass is 514 g/mol. The van der Waals surface area contributed by atoms with Crippen molar-refractivity contribution in [3.05, 3.63) is 70.5 Å². The van der Waals surface area contributed by atoms with Crippen LogP contribution in [-0.2, 0) is 0 Å². The van der Waals surface area contributed by atoms with Crippen LogP contribution in [0, 0.1) is 29.3 Å². The number of hydrogen-bond donors (Lipinski definition) is 1. The van der Waals surface area contributed by atoms with E-state index in [2.05, 4.69) is 13.0 Å². The van der Waals surface area contributed by atoms with E-state index in [0.717, 1.165) is 69.8 Å². The number of allylic oxidation sites excluding steroid dienone is 1. The highest BCUT2D eigenvalue weighted by Gasteiger charge is 2.31. The minimum atomic E-state index is -0.672. The van der Waals surface area contributed by atoms with E-state index in [9.17, 15) is 9.50 Å². The van der Waals surface area contributed by atoms with Crippen LogP contribution < -0.4 is 4.74 Å². The first kappa shape index (κ1) is 27.8. The number of hydrogen-bond acceptors (Lipinski definition) is 2. The summed E-state index contributed by atoms with van der Waals surface area (Å²) in [5.41, 5.74) is 1.80. The van der Waals surface area contributed by atoms with Crippen LogP contribution in [0.3, 0.4) is 0 Å². The smallest absolute Gasteiger partial charge is 0.165 e. The average molecular weight is 515 g/mol. The second-order valence-electron chi connectivity index (χ2n) is 10.9. The molecule has 2 aliphatic carbocycles. The zero-order valence-electron chi connectivity index (χ0n) is 22.2. The molecule has 2 aromatic carbocycles. The van der Waals surface area contributed by atoms with Crippen molar-refractivity contribution in [2.24, 2.45) is 11.8 Å². The fourth-order valence-corrected chi connectivity index (χ4v) is 6.32. The molecule has 1 unspecified atom stereocenters. The second-order valence-corrected chi connectivity index (χ2v) is 10.9. The molecule has 0 heterocycles. The molecule has 2 saturated carbocycles. The van der Waals surface area contributed by atoms with Gasteiger partial charge in [-0.05, 0) is 117 Å². The highest BCUT2D eigenvalue weighted by molar-refractivity contribution is 5.51. The maximum Gasteiger partial charge on any atom is 0.165 e. The maximum atomic E-state index is 15.2. The van der Waals surface area contributed by atoms with Gasteiger partial charge in [0.15, 0.2) is 23.2 Å². The number of rotatable bonds is 9. The molecule has 202 valence electrons. The SMILES string of the molecule is CCCC(O)C1CCC(c2ccc(C3CCC(/C=C/c4ccc(OCC)c(F)c4)CC3)c(F)c2F)CC1. The molecule has 2 aromatic rings. The van der Waals surface area contributed by atoms with E-state index >= 15 is 8.78 Å². The molecular weight excluding hydrogens is 473 g/mol. The number of halogens is 3. The van der Waals surface area contributed by atoms with Gasteiger partial charge in [0.1, 0.15) is 0 Å². The summed E-state index contributed by atoms with van der Waals surface area (Å²) in [6.45, 7) is 4.32. The Bertz CT molecular complexity index is 1050. The van der Waals surface area contributed by atoms with Crippen molar-refractivity contribution in [1.82, 2.24) is 0 Å². The first-order chi connectivity index (χ1) is 17.9. The molecule has 2 nitrogen and oxygen atoms in total. The van der Waals surface area contributed by atoms with Gasteiger partial charge in [-0.25, -0.2) is 13.2 Å². The predicted octanol–water partition coefficient (Wildman–Crippen LogP) is 8.92. The van der Waals surface area contributed by atoms with Crippen LogP contribution in [0.2, 0.25) is 0 Å². The van der Waals surface area contributed by atoms with Crippen molar-refractivity contribution in [3.63, 3.8) is 0 Å². The first-order valence-corrected chi connectivity index (χ1v) is 14.2. The Morgan fingerprint density at radius 2 is 1.46 bits per heavy atom. The van der Waals surface area contributed by atoms with Crippen molar-refractivity contribution in [3.8, 4) is 5.75 Å². The average Bonchev–Trinajstić information content (AvgIpc) is 2.91. The largest absolute Gasteiger partial charge is 0.491 e. The van der Waals surface area contributed by atoms with Gasteiger partial charge >= 0.3 is 0 Å². The van der Waals surface area contributed by atoms with Crippen molar-refractivity contribution >= 4 is 6.08 Å². The number of benzene rings is 2. The standard InChI is InChI=1S/C32H41F3O2/c1-3-5-29(36)25-15-13-24(14-16-25)27-18-17-26(31(34)32(27)35)23-11-8-21(9-12-23)6-7-22-10-19-30(37-4-2)28(33)20-22/h6-7,10,17-21,23-25,29,36H,3-5,8-9,11-16H2,1-2H3/b7-6+. The topological polar surface area (TPSA) is 29.5 Å². The number of ether oxygens (including phenoxy) is 1. The van der Waals surface area contributed by atoms with Crippen molar-refractivity contribution in [2.45, 2.75) is 96.0 Å². The van der Waals surface area contributed by atoms with Gasteiger partial charge in [0.25, 0.3) is 0 Å². The molecule has 2 fully saturated rings. The van der Waals surface area contributed by atoms with Crippen LogP contribution in [0.5, 0.6) is 5.75 Å². The normalized spacial score (nSPS) is 25.4. The fourth-order valence-electron chi connectivity index (χ4n) is 6.32. The third kappa shape index (κ3) is 6.79. The zero-order chi connectivity index (χ0) is 26.4. The summed E-state index contributed by atoms with van der Waals surface area (Å²) in [5, 5.41) is 10.3. The summed E-state index contributed by atoms with van der Waals surface area (Å²) in [6.07, 6.45) is 12.3. The van der Waals surface area contributed by atoms with E-state index in [4.69, 9.17) is 4.74 Å². The minimum absolute atomic E-state index is 0.0241. The van der Waals surface area contributed by atoms with Crippen LogP contribution in [0.4, 0.5) is 13.2 Å². The van der Waals surface area contributed by atoms with Crippen molar-refractivity contribution in [1.29, 1.82) is 0 Å². The van der Waals surface area contributed by atoms with E-state index in [1.165, 1.54) is 6.07 Å². The molecule has 0 aliphatic heterocycles. The summed E-state index contributed by atoms with van der Waals surface area (Å²) in [4.78, 5) is 0. The maximum absolute atomic E-state index is 15.2. The zero-order valence-corrected chi connectivity index (χ0v) is 22.2. The molecule has 0 aromatic heterocycles. The van der Waals surface area contributed by atoms with Crippen LogP contribution in [0.1, 0.15) is 107 Å². The number of aliphatic hydroxyl groups is 1. The Morgan fingerprint density at radius 1 is 0.865 bits per heavy atom. The third-order valence-corrected chi connectivity index (χ3v) is 8.51. The van der Waals surface area contributed by atoms with Gasteiger partial charge in [0.05, 0.1) is 12.7 Å². The van der Waals surface area contributed by atoms with E-state index in [0.29, 0.717) is 23.7 Å². The Kier molecular flexibility index (Phi) is 9.75. The Labute approximate surface area is 219 Å². The van der Waals surface area contributed by atoms with E-state index in [1.54, 1.807) is 6.07 Å². The fraction of sp³-hybridized carbons (Fsp3) is 0.562. The molecule has 0 saturated heterocycles. The summed E-state index contributed by atoms with van der Waals surface area (Å²) < 4.78 is 49.8. The molecule has 1 atom stereocenters. The van der Waals surface area contributed by atoms with Gasteiger partial charge in [-0.3, -0.25) is 0 Å². The highest BCUT2D eigenvalue weighted by atomic mass is 19.2. The molecule has 0 amide bonds. The lowest BCUT2D eigenvalue weighted by atomic mass is 9.74. The molecule has 5 heteroatoms. The second kappa shape index (κ2) is 13.0. The van der Waals surface area contributed by atoms with Crippen LogP contribution >= 0.6 is 0 Å². The van der Waals surface area contributed by atoms with Gasteiger partial charge in [-0.1, -0.05) is 43.7 Å². The van der Waals surface area contributed by atoms with Gasteiger partial charge in [0.2, 0.25) is 0 Å². The van der Waals surface area contributed by atoms with Gasteiger partial charge in [0, 0.05) is 0 Å². The Balaban J connectivity index is 1.33. The lowest BCUT2D eigenvalue weighted by Gasteiger charge is -2.32. The summed E-state index contributed by atoms with van der Waals surface area (Å²) in [5.74, 6) is -0.769. The van der Waals surface area contributed by atoms with Crippen LogP contribution in [0.25, 0.3) is 6.08 Å². The third-order valence-electron chi connectivity index (χ3n) is 8.51. The Morgan fingerprint density at radius 3 is 2.00 bits per heavy atom. The van der Waals surface area contributed by atoms with E-state index < -0.39 is 11.6 Å². The summed E-state index contributed by atoms with van der Waals surface area (Å²) in [6, 6.07) is 8.60. The molecule has 1 N–H and O–H groups in total. The van der Waals surface area contributed by atoms with E-state index in [1.807, 2.05) is 31.2 Å². The molecule has 0 bridgehead atoms. The van der Waals surface area contributed by atoms with Crippen LogP contribution in [-0.4, -0.2) is 17.8 Å². The lowest BCUT2D eigenvalue weighted by molar-refractivity contribution is 0.0727. The quantitative estimate of drug-likeness (QED) is 0.362. The van der Waals surface area contributed by atoms with Gasteiger partial charge in [-0.2, -0.15) is 0 Å². The highest BCUT2D eigenvalue weighted by Crippen LogP contribution is 2.42. The van der Waals surface area contributed by atoms with Gasteiger partial charge in [-0.15, -0.1) is 0 Å². The van der Waals surface area contributed by atoms with Crippen LogP contribution in [0.15, 0.2) is 36.4 Å². The van der Waals surface area contributed by atoms with E-state index in [-0.39, 0.29) is 35.4 Å². The molecule has 0 spiro atoms. The molecule has 4 rings (SSSR count).